The molecule has 0 aromatic heterocycles. The molecule has 0 rings (SSSR count). The summed E-state index contributed by atoms with van der Waals surface area (Å²) < 4.78 is 31.2. The van der Waals surface area contributed by atoms with Gasteiger partial charge in [0.25, 0.3) is 10.1 Å². The molecular weight excluding hydrogens is 342 g/mol. The molecule has 0 atom stereocenters. The number of hydrogen-bond acceptors (Lipinski definition) is 2. The predicted octanol–water partition coefficient (Wildman–Crippen LogP) is 4.17. The van der Waals surface area contributed by atoms with Gasteiger partial charge < -0.3 is 4.48 Å². The van der Waals surface area contributed by atoms with Gasteiger partial charge in [-0.3, -0.25) is 4.55 Å². The first-order valence-corrected chi connectivity index (χ1v) is 17.6. The highest BCUT2D eigenvalue weighted by Crippen LogP contribution is 2.25. The van der Waals surface area contributed by atoms with Gasteiger partial charge in [0, 0.05) is 16.1 Å². The first-order chi connectivity index (χ1) is 10.1. The summed E-state index contributed by atoms with van der Waals surface area (Å²) in [4.78, 5) is 0. The minimum atomic E-state index is -3.79. The second kappa shape index (κ2) is 9.13. The van der Waals surface area contributed by atoms with Crippen LogP contribution >= 0.6 is 0 Å². The van der Waals surface area contributed by atoms with E-state index in [1.54, 1.807) is 0 Å². The van der Waals surface area contributed by atoms with Gasteiger partial charge in [-0.05, 0) is 19.3 Å². The lowest BCUT2D eigenvalue weighted by molar-refractivity contribution is -0.890. The Balaban J connectivity index is 4.04. The topological polar surface area (TPSA) is 54.4 Å². The van der Waals surface area contributed by atoms with E-state index < -0.39 is 26.3 Å². The van der Waals surface area contributed by atoms with Crippen LogP contribution in [-0.4, -0.2) is 66.5 Å². The summed E-state index contributed by atoms with van der Waals surface area (Å²) in [7, 11) is -1.32. The van der Waals surface area contributed by atoms with Gasteiger partial charge in [-0.15, -0.1) is 0 Å². The van der Waals surface area contributed by atoms with Crippen molar-refractivity contribution in [2.45, 2.75) is 70.1 Å². The van der Waals surface area contributed by atoms with E-state index in [9.17, 15) is 8.42 Å². The van der Waals surface area contributed by atoms with Crippen LogP contribution in [-0.2, 0) is 10.1 Å². The second-order valence-corrected chi connectivity index (χ2v) is 22.2. The van der Waals surface area contributed by atoms with Crippen molar-refractivity contribution < 1.29 is 17.5 Å². The lowest BCUT2D eigenvalue weighted by atomic mass is 10.3. The van der Waals surface area contributed by atoms with E-state index in [-0.39, 0.29) is 5.75 Å². The van der Waals surface area contributed by atoms with Crippen molar-refractivity contribution >= 4 is 26.3 Å². The van der Waals surface area contributed by atoms with E-state index in [1.165, 1.54) is 24.6 Å². The molecule has 0 bridgehead atoms. The maximum atomic E-state index is 10.7. The maximum absolute atomic E-state index is 10.7. The van der Waals surface area contributed by atoms with Gasteiger partial charge in [-0.1, -0.05) is 50.9 Å². The molecule has 0 saturated carbocycles. The third kappa shape index (κ3) is 15.6. The van der Waals surface area contributed by atoms with Gasteiger partial charge in [0.15, 0.2) is 0 Å². The van der Waals surface area contributed by atoms with Gasteiger partial charge in [-0.2, -0.15) is 8.42 Å². The van der Waals surface area contributed by atoms with Crippen molar-refractivity contribution in [2.24, 2.45) is 0 Å². The molecule has 7 heteroatoms. The quantitative estimate of drug-likeness (QED) is 0.238. The molecule has 0 aromatic carbocycles. The monoisotopic (exact) mass is 382 g/mol. The van der Waals surface area contributed by atoms with Crippen molar-refractivity contribution in [3.63, 3.8) is 0 Å². The smallest absolute Gasteiger partial charge is 0.264 e. The highest BCUT2D eigenvalue weighted by atomic mass is 32.2. The molecule has 1 N–H and O–H groups in total. The van der Waals surface area contributed by atoms with Crippen molar-refractivity contribution in [3.05, 3.63) is 0 Å². The average Bonchev–Trinajstić information content (AvgIpc) is 2.30. The molecule has 0 aliphatic heterocycles. The molecular formula is C16H40NO3SSi2+. The number of unbranched alkanes of at least 4 members (excludes halogenated alkanes) is 1. The first kappa shape index (κ1) is 23.3. The fourth-order valence-electron chi connectivity index (χ4n) is 2.76. The molecule has 140 valence electrons. The molecule has 0 saturated heterocycles. The van der Waals surface area contributed by atoms with Gasteiger partial charge in [0.05, 0.1) is 32.9 Å². The molecule has 0 aliphatic carbocycles. The normalized spacial score (nSPS) is 14.3. The van der Waals surface area contributed by atoms with Crippen LogP contribution in [0, 0.1) is 0 Å². The second-order valence-electron chi connectivity index (χ2n) is 9.70. The zero-order valence-electron chi connectivity index (χ0n) is 16.5. The van der Waals surface area contributed by atoms with E-state index in [0.29, 0.717) is 6.42 Å². The molecule has 23 heavy (non-hydrogen) atoms. The SMILES string of the molecule is C[N+](C)(CCCCS(=O)(=O)O)CCC[Si](C)(C)CC[Si](C)(C)C. The molecule has 0 aliphatic rings. The Morgan fingerprint density at radius 3 is 1.83 bits per heavy atom. The van der Waals surface area contributed by atoms with Crippen LogP contribution in [0.4, 0.5) is 0 Å². The van der Waals surface area contributed by atoms with Gasteiger partial charge in [-0.25, -0.2) is 0 Å². The van der Waals surface area contributed by atoms with Crippen LogP contribution in [0.5, 0.6) is 0 Å². The van der Waals surface area contributed by atoms with E-state index in [2.05, 4.69) is 46.8 Å². The van der Waals surface area contributed by atoms with E-state index in [0.717, 1.165) is 24.0 Å². The van der Waals surface area contributed by atoms with Gasteiger partial charge in [0.1, 0.15) is 0 Å². The van der Waals surface area contributed by atoms with Crippen molar-refractivity contribution in [3.8, 4) is 0 Å². The zero-order chi connectivity index (χ0) is 18.4. The van der Waals surface area contributed by atoms with Crippen LogP contribution < -0.4 is 0 Å². The number of quaternary nitrogens is 1. The largest absolute Gasteiger partial charge is 0.328 e. The van der Waals surface area contributed by atoms with Crippen LogP contribution in [0.2, 0.25) is 50.9 Å². The summed E-state index contributed by atoms with van der Waals surface area (Å²) in [6.07, 6.45) is 2.68. The molecule has 0 aromatic rings. The summed E-state index contributed by atoms with van der Waals surface area (Å²) >= 11 is 0. The average molecular weight is 383 g/mol. The Bertz CT molecular complexity index is 443. The number of rotatable bonds is 12. The molecule has 0 heterocycles. The van der Waals surface area contributed by atoms with Crippen molar-refractivity contribution in [1.82, 2.24) is 0 Å². The fourth-order valence-corrected chi connectivity index (χ4v) is 10.4. The predicted molar refractivity (Wildman–Crippen MR) is 107 cm³/mol. The van der Waals surface area contributed by atoms with E-state index in [4.69, 9.17) is 4.55 Å². The molecule has 0 fully saturated rings. The maximum Gasteiger partial charge on any atom is 0.264 e. The Morgan fingerprint density at radius 2 is 1.35 bits per heavy atom. The lowest BCUT2D eigenvalue weighted by Gasteiger charge is -2.32. The van der Waals surface area contributed by atoms with E-state index in [1.807, 2.05) is 0 Å². The summed E-state index contributed by atoms with van der Waals surface area (Å²) in [5.74, 6) is -0.108. The van der Waals surface area contributed by atoms with Crippen LogP contribution in [0.25, 0.3) is 0 Å². The standard InChI is InChI=1S/C16H39NO3SSi2/c1-17(2,11-8-9-13-21(18,19)20)12-10-14-23(6,7)16-15-22(3,4)5/h8-16H2,1-7H3/p+1. The Morgan fingerprint density at radius 1 is 0.826 bits per heavy atom. The third-order valence-electron chi connectivity index (χ3n) is 4.58. The van der Waals surface area contributed by atoms with Crippen LogP contribution in [0.3, 0.4) is 0 Å². The summed E-state index contributed by atoms with van der Waals surface area (Å²) in [5, 5.41) is 0. The van der Waals surface area contributed by atoms with Crippen LogP contribution in [0.15, 0.2) is 0 Å². The van der Waals surface area contributed by atoms with Gasteiger partial charge in [0.2, 0.25) is 0 Å². The van der Waals surface area contributed by atoms with Gasteiger partial charge >= 0.3 is 0 Å². The van der Waals surface area contributed by atoms with Crippen molar-refractivity contribution in [1.29, 1.82) is 0 Å². The summed E-state index contributed by atoms with van der Waals surface area (Å²) in [6.45, 7) is 14.6. The Hall–Kier alpha value is 0.304. The molecule has 4 nitrogen and oxygen atoms in total. The van der Waals surface area contributed by atoms with Crippen LogP contribution in [0.1, 0.15) is 19.3 Å². The number of hydrogen-bond donors (Lipinski definition) is 1. The lowest BCUT2D eigenvalue weighted by Crippen LogP contribution is -2.42. The number of nitrogens with zero attached hydrogens (tertiary/aromatic N) is 1. The molecule has 0 unspecified atom stereocenters. The Labute approximate surface area is 147 Å². The van der Waals surface area contributed by atoms with Crippen molar-refractivity contribution in [2.75, 3.05) is 32.9 Å². The molecule has 0 radical (unpaired) electrons. The minimum Gasteiger partial charge on any atom is -0.328 e. The minimum absolute atomic E-state index is 0.108. The summed E-state index contributed by atoms with van der Waals surface area (Å²) in [5.41, 5.74) is 0. The highest BCUT2D eigenvalue weighted by Gasteiger charge is 2.25. The molecule has 0 amide bonds. The highest BCUT2D eigenvalue weighted by molar-refractivity contribution is 7.85. The Kier molecular flexibility index (Phi) is 9.25. The van der Waals surface area contributed by atoms with E-state index >= 15 is 0 Å². The third-order valence-corrected chi connectivity index (χ3v) is 10.9. The first-order valence-electron chi connectivity index (χ1n) is 8.89. The molecule has 0 spiro atoms. The fraction of sp³-hybridized carbons (Fsp3) is 1.00. The summed E-state index contributed by atoms with van der Waals surface area (Å²) in [6, 6.07) is 4.31. The zero-order valence-corrected chi connectivity index (χ0v) is 19.3.